The van der Waals surface area contributed by atoms with Crippen molar-refractivity contribution in [2.45, 2.75) is 9.10 Å². The van der Waals surface area contributed by atoms with Gasteiger partial charge in [0.25, 0.3) is 0 Å². The van der Waals surface area contributed by atoms with E-state index in [1.54, 1.807) is 0 Å². The van der Waals surface area contributed by atoms with Gasteiger partial charge in [-0.1, -0.05) is 0 Å². The van der Waals surface area contributed by atoms with E-state index in [1.165, 1.54) is 25.2 Å². The summed E-state index contributed by atoms with van der Waals surface area (Å²) in [4.78, 5) is 4.18. The number of hydrogen-bond acceptors (Lipinski definition) is 9. The number of aromatic nitrogens is 1. The minimum Gasteiger partial charge on any atom is -0.744 e. The van der Waals surface area contributed by atoms with Crippen LogP contribution in [0.1, 0.15) is 0 Å². The molecule has 0 aliphatic rings. The summed E-state index contributed by atoms with van der Waals surface area (Å²) in [5, 5.41) is 0.692. The number of nitrogens with one attached hydrogen (secondary N) is 1. The van der Waals surface area contributed by atoms with Gasteiger partial charge in [-0.05, 0) is 29.7 Å². The van der Waals surface area contributed by atoms with Crippen LogP contribution in [0, 0.1) is 0 Å². The van der Waals surface area contributed by atoms with Crippen LogP contribution in [-0.2, 0) is 19.4 Å². The third-order valence-electron chi connectivity index (χ3n) is 1.93. The van der Waals surface area contributed by atoms with E-state index in [4.69, 9.17) is 4.33 Å². The van der Waals surface area contributed by atoms with Gasteiger partial charge in [0.05, 0.1) is 22.5 Å². The van der Waals surface area contributed by atoms with Crippen molar-refractivity contribution in [3.05, 3.63) is 18.2 Å². The summed E-state index contributed by atoms with van der Waals surface area (Å²) in [6.45, 7) is 0. The number of hydroxylamine groups is 1. The molecule has 0 atom stereocenters. The van der Waals surface area contributed by atoms with Gasteiger partial charge in [0.15, 0.2) is 0 Å². The van der Waals surface area contributed by atoms with E-state index in [1.807, 2.05) is 0 Å². The molecule has 1 aromatic heterocycles. The number of nitrogens with zero attached hydrogens (tertiary/aromatic N) is 1. The predicted molar refractivity (Wildman–Crippen MR) is 64.7 cm³/mol. The SMILES string of the molecule is CNOOSc1snc2cc(S(=O)(=O)[O-])ccc12.[Na+]. The number of hydrogen-bond donors (Lipinski definition) is 1. The van der Waals surface area contributed by atoms with Crippen LogP contribution < -0.4 is 35.0 Å². The van der Waals surface area contributed by atoms with E-state index in [9.17, 15) is 13.0 Å². The number of fused-ring (bicyclic) bond motifs is 1. The molecule has 7 nitrogen and oxygen atoms in total. The zero-order valence-electron chi connectivity index (χ0n) is 9.95. The molecular weight excluding hydrogens is 323 g/mol. The fraction of sp³-hybridized carbons (Fsp3) is 0.125. The van der Waals surface area contributed by atoms with Crippen LogP contribution in [-0.4, -0.2) is 24.4 Å². The van der Waals surface area contributed by atoms with Gasteiger partial charge in [-0.2, -0.15) is 9.85 Å². The molecule has 0 saturated carbocycles. The first-order valence-electron chi connectivity index (χ1n) is 4.54. The summed E-state index contributed by atoms with van der Waals surface area (Å²) in [6, 6.07) is 3.98. The molecule has 98 valence electrons. The van der Waals surface area contributed by atoms with E-state index in [-0.39, 0.29) is 34.5 Å². The van der Waals surface area contributed by atoms with Crippen LogP contribution in [0.2, 0.25) is 0 Å². The molecule has 2 rings (SSSR count). The molecule has 0 unspecified atom stereocenters. The molecular formula is C8H7N2NaO5S3. The third-order valence-corrected chi connectivity index (χ3v) is 4.37. The van der Waals surface area contributed by atoms with Crippen LogP contribution in [0.3, 0.4) is 0 Å². The van der Waals surface area contributed by atoms with Gasteiger partial charge in [0, 0.05) is 12.4 Å². The second kappa shape index (κ2) is 7.31. The maximum Gasteiger partial charge on any atom is 1.00 e. The molecule has 0 saturated heterocycles. The quantitative estimate of drug-likeness (QED) is 0.173. The maximum absolute atomic E-state index is 10.9. The smallest absolute Gasteiger partial charge is 0.744 e. The van der Waals surface area contributed by atoms with Crippen molar-refractivity contribution >= 4 is 44.6 Å². The van der Waals surface area contributed by atoms with Crippen molar-refractivity contribution in [1.82, 2.24) is 9.85 Å². The van der Waals surface area contributed by atoms with Crippen molar-refractivity contribution < 1.29 is 51.8 Å². The number of rotatable bonds is 5. The van der Waals surface area contributed by atoms with Gasteiger partial charge >= 0.3 is 29.6 Å². The van der Waals surface area contributed by atoms with E-state index in [0.717, 1.165) is 23.6 Å². The first kappa shape index (κ1) is 17.3. The molecule has 1 aromatic carbocycles. The zero-order valence-corrected chi connectivity index (χ0v) is 14.4. The van der Waals surface area contributed by atoms with Crippen LogP contribution in [0.25, 0.3) is 10.9 Å². The summed E-state index contributed by atoms with van der Waals surface area (Å²) < 4.78 is 42.0. The fourth-order valence-electron chi connectivity index (χ4n) is 1.20. The average Bonchev–Trinajstić information content (AvgIpc) is 2.71. The first-order chi connectivity index (χ1) is 8.52. The van der Waals surface area contributed by atoms with Crippen LogP contribution in [0.15, 0.2) is 27.3 Å². The van der Waals surface area contributed by atoms with E-state index in [0.29, 0.717) is 15.1 Å². The molecule has 11 heteroatoms. The van der Waals surface area contributed by atoms with Crippen molar-refractivity contribution in [3.63, 3.8) is 0 Å². The van der Waals surface area contributed by atoms with Crippen LogP contribution in [0.4, 0.5) is 0 Å². The normalized spacial score (nSPS) is 11.5. The topological polar surface area (TPSA) is 101 Å². The fourth-order valence-corrected chi connectivity index (χ4v) is 3.03. The molecule has 0 aliphatic heterocycles. The monoisotopic (exact) mass is 330 g/mol. The molecule has 1 N–H and O–H groups in total. The first-order valence-corrected chi connectivity index (χ1v) is 7.47. The molecule has 0 amide bonds. The maximum atomic E-state index is 10.9. The Balaban J connectivity index is 0.00000180. The van der Waals surface area contributed by atoms with Gasteiger partial charge in [-0.3, -0.25) is 0 Å². The number of benzene rings is 1. The van der Waals surface area contributed by atoms with E-state index in [2.05, 4.69) is 14.8 Å². The molecule has 1 heterocycles. The Labute approximate surface area is 140 Å². The Kier molecular flexibility index (Phi) is 6.66. The third kappa shape index (κ3) is 4.36. The van der Waals surface area contributed by atoms with Crippen molar-refractivity contribution in [3.8, 4) is 0 Å². The zero-order chi connectivity index (χ0) is 13.2. The molecule has 0 spiro atoms. The minimum absolute atomic E-state index is 0. The van der Waals surface area contributed by atoms with Gasteiger partial charge in [-0.15, -0.1) is 9.32 Å². The molecule has 19 heavy (non-hydrogen) atoms. The van der Waals surface area contributed by atoms with Crippen molar-refractivity contribution in [2.24, 2.45) is 0 Å². The second-order valence-electron chi connectivity index (χ2n) is 3.04. The summed E-state index contributed by atoms with van der Waals surface area (Å²) >= 11 is 2.05. The predicted octanol–water partition coefficient (Wildman–Crippen LogP) is -1.71. The molecule has 0 fully saturated rings. The molecule has 0 aliphatic carbocycles. The van der Waals surface area contributed by atoms with Gasteiger partial charge in [0.1, 0.15) is 14.3 Å². The second-order valence-corrected chi connectivity index (χ2v) is 6.16. The summed E-state index contributed by atoms with van der Waals surface area (Å²) in [5.41, 5.74) is 2.75. The van der Waals surface area contributed by atoms with Crippen molar-refractivity contribution in [2.75, 3.05) is 7.05 Å². The largest absolute Gasteiger partial charge is 1.00 e. The average molecular weight is 330 g/mol. The van der Waals surface area contributed by atoms with Gasteiger partial charge in [-0.25, -0.2) is 8.42 Å². The minimum atomic E-state index is -4.46. The molecule has 0 bridgehead atoms. The summed E-state index contributed by atoms with van der Waals surface area (Å²) in [7, 11) is -2.93. The molecule has 2 aromatic rings. The van der Waals surface area contributed by atoms with Crippen molar-refractivity contribution in [1.29, 1.82) is 0 Å². The summed E-state index contributed by atoms with van der Waals surface area (Å²) in [5.74, 6) is 0. The van der Waals surface area contributed by atoms with Gasteiger partial charge < -0.3 is 4.55 Å². The van der Waals surface area contributed by atoms with Crippen LogP contribution >= 0.6 is 23.6 Å². The summed E-state index contributed by atoms with van der Waals surface area (Å²) in [6.07, 6.45) is 0. The Morgan fingerprint density at radius 1 is 1.47 bits per heavy atom. The Morgan fingerprint density at radius 3 is 2.84 bits per heavy atom. The standard InChI is InChI=1S/C8H8N2O5S3.Na/c1-9-14-15-17-8-6-3-2-5(18(11,12)13)4-7(6)10-16-8;/h2-4,9H,1H3,(H,11,12,13);/q;+1/p-1. The Morgan fingerprint density at radius 2 is 2.21 bits per heavy atom. The van der Waals surface area contributed by atoms with E-state index >= 15 is 0 Å². The van der Waals surface area contributed by atoms with E-state index < -0.39 is 10.1 Å². The molecule has 0 radical (unpaired) electrons. The van der Waals surface area contributed by atoms with Gasteiger partial charge in [0.2, 0.25) is 0 Å². The Hall–Kier alpha value is 0.250. The van der Waals surface area contributed by atoms with Crippen LogP contribution in [0.5, 0.6) is 0 Å². The Bertz CT molecular complexity index is 659.